The summed E-state index contributed by atoms with van der Waals surface area (Å²) in [6, 6.07) is 7.57. The van der Waals surface area contributed by atoms with Crippen LogP contribution in [-0.2, 0) is 14.8 Å². The van der Waals surface area contributed by atoms with Gasteiger partial charge in [-0.05, 0) is 37.1 Å². The molecule has 1 aromatic carbocycles. The van der Waals surface area contributed by atoms with Crippen molar-refractivity contribution in [3.8, 4) is 6.07 Å². The molecule has 1 fully saturated rings. The molecule has 0 radical (unpaired) electrons. The van der Waals surface area contributed by atoms with Gasteiger partial charge in [-0.15, -0.1) is 0 Å². The summed E-state index contributed by atoms with van der Waals surface area (Å²) in [4.78, 5) is 13.4. The van der Waals surface area contributed by atoms with Gasteiger partial charge in [-0.3, -0.25) is 4.79 Å². The molecule has 0 aliphatic carbocycles. The largest absolute Gasteiger partial charge is 0.342 e. The third-order valence-electron chi connectivity index (χ3n) is 3.52. The summed E-state index contributed by atoms with van der Waals surface area (Å²) in [5.74, 6) is -0.207. The number of hydrogen-bond donors (Lipinski definition) is 1. The molecule has 6 nitrogen and oxygen atoms in total. The van der Waals surface area contributed by atoms with Gasteiger partial charge in [0.15, 0.2) is 0 Å². The van der Waals surface area contributed by atoms with Crippen LogP contribution in [-0.4, -0.2) is 38.4 Å². The highest BCUT2D eigenvalue weighted by Crippen LogP contribution is 2.17. The Balaban J connectivity index is 1.94. The van der Waals surface area contributed by atoms with Crippen molar-refractivity contribution in [2.45, 2.75) is 30.2 Å². The first-order valence-corrected chi connectivity index (χ1v) is 8.71. The molecule has 1 aliphatic heterocycles. The maximum Gasteiger partial charge on any atom is 0.240 e. The van der Waals surface area contributed by atoms with Crippen molar-refractivity contribution >= 4 is 27.5 Å². The van der Waals surface area contributed by atoms with Gasteiger partial charge in [-0.1, -0.05) is 11.6 Å². The first kappa shape index (κ1) is 16.7. The van der Waals surface area contributed by atoms with Gasteiger partial charge in [0.25, 0.3) is 0 Å². The third kappa shape index (κ3) is 4.19. The highest BCUT2D eigenvalue weighted by atomic mass is 35.5. The molecule has 0 bridgehead atoms. The average Bonchev–Trinajstić information content (AvgIpc) is 2.48. The van der Waals surface area contributed by atoms with E-state index in [1.54, 1.807) is 4.90 Å². The molecular formula is C14H16ClN3O3S. The number of hydrogen-bond acceptors (Lipinski definition) is 4. The standard InChI is InChI=1S/C14H16ClN3O3S/c15-11-1-3-13(4-2-11)22(20,21)17-12-6-9-18(10-7-12)14(19)5-8-16/h1-4,12,17H,5-7,9-10H2. The van der Waals surface area contributed by atoms with E-state index in [1.807, 2.05) is 6.07 Å². The predicted molar refractivity (Wildman–Crippen MR) is 81.6 cm³/mol. The quantitative estimate of drug-likeness (QED) is 0.899. The van der Waals surface area contributed by atoms with Gasteiger partial charge in [-0.2, -0.15) is 5.26 Å². The molecule has 0 atom stereocenters. The molecule has 1 aliphatic rings. The molecule has 1 N–H and O–H groups in total. The van der Waals surface area contributed by atoms with E-state index >= 15 is 0 Å². The Hall–Kier alpha value is -1.62. The minimum absolute atomic E-state index is 0.138. The molecule has 0 unspecified atom stereocenters. The summed E-state index contributed by atoms with van der Waals surface area (Å²) >= 11 is 5.75. The number of piperidine rings is 1. The molecule has 1 aromatic rings. The molecule has 22 heavy (non-hydrogen) atoms. The topological polar surface area (TPSA) is 90.3 Å². The normalized spacial score (nSPS) is 16.3. The number of benzene rings is 1. The number of sulfonamides is 1. The second-order valence-electron chi connectivity index (χ2n) is 5.07. The van der Waals surface area contributed by atoms with Crippen LogP contribution in [0, 0.1) is 11.3 Å². The highest BCUT2D eigenvalue weighted by molar-refractivity contribution is 7.89. The van der Waals surface area contributed by atoms with Crippen molar-refractivity contribution < 1.29 is 13.2 Å². The van der Waals surface area contributed by atoms with Gasteiger partial charge < -0.3 is 4.90 Å². The van der Waals surface area contributed by atoms with Gasteiger partial charge in [0.2, 0.25) is 15.9 Å². The number of likely N-dealkylation sites (tertiary alicyclic amines) is 1. The minimum atomic E-state index is -3.59. The molecule has 2 rings (SSSR count). The van der Waals surface area contributed by atoms with E-state index < -0.39 is 10.0 Å². The van der Waals surface area contributed by atoms with E-state index in [9.17, 15) is 13.2 Å². The predicted octanol–water partition coefficient (Wildman–Crippen LogP) is 1.52. The Bertz CT molecular complexity index is 674. The highest BCUT2D eigenvalue weighted by Gasteiger charge is 2.26. The SMILES string of the molecule is N#CCC(=O)N1CCC(NS(=O)(=O)c2ccc(Cl)cc2)CC1. The fourth-order valence-corrected chi connectivity index (χ4v) is 3.76. The lowest BCUT2D eigenvalue weighted by atomic mass is 10.1. The van der Waals surface area contributed by atoms with E-state index in [-0.39, 0.29) is 23.3 Å². The van der Waals surface area contributed by atoms with Crippen molar-refractivity contribution in [1.82, 2.24) is 9.62 Å². The van der Waals surface area contributed by atoms with Crippen LogP contribution in [0.25, 0.3) is 0 Å². The Morgan fingerprint density at radius 1 is 1.32 bits per heavy atom. The van der Waals surface area contributed by atoms with Gasteiger partial charge >= 0.3 is 0 Å². The van der Waals surface area contributed by atoms with E-state index in [4.69, 9.17) is 16.9 Å². The van der Waals surface area contributed by atoms with E-state index in [1.165, 1.54) is 24.3 Å². The number of nitriles is 1. The summed E-state index contributed by atoms with van der Waals surface area (Å²) in [5, 5.41) is 8.99. The van der Waals surface area contributed by atoms with Gasteiger partial charge in [-0.25, -0.2) is 13.1 Å². The first-order valence-electron chi connectivity index (χ1n) is 6.85. The van der Waals surface area contributed by atoms with Crippen molar-refractivity contribution in [3.63, 3.8) is 0 Å². The molecule has 1 heterocycles. The van der Waals surface area contributed by atoms with Crippen LogP contribution >= 0.6 is 11.6 Å². The van der Waals surface area contributed by atoms with E-state index in [0.717, 1.165) is 0 Å². The van der Waals surface area contributed by atoms with Crippen molar-refractivity contribution in [3.05, 3.63) is 29.3 Å². The van der Waals surface area contributed by atoms with E-state index in [0.29, 0.717) is 31.0 Å². The summed E-state index contributed by atoms with van der Waals surface area (Å²) in [7, 11) is -3.59. The molecule has 1 saturated heterocycles. The Kier molecular flexibility index (Phi) is 5.40. The lowest BCUT2D eigenvalue weighted by Crippen LogP contribution is -2.46. The zero-order chi connectivity index (χ0) is 16.2. The van der Waals surface area contributed by atoms with Crippen molar-refractivity contribution in [2.24, 2.45) is 0 Å². The summed E-state index contributed by atoms with van der Waals surface area (Å²) in [6.07, 6.45) is 0.926. The Morgan fingerprint density at radius 3 is 2.45 bits per heavy atom. The fourth-order valence-electron chi connectivity index (χ4n) is 2.33. The number of nitrogens with zero attached hydrogens (tertiary/aromatic N) is 2. The van der Waals surface area contributed by atoms with Crippen molar-refractivity contribution in [1.29, 1.82) is 5.26 Å². The maximum absolute atomic E-state index is 12.3. The van der Waals surface area contributed by atoms with Crippen LogP contribution in [0.5, 0.6) is 0 Å². The number of halogens is 1. The van der Waals surface area contributed by atoms with Crippen LogP contribution in [0.2, 0.25) is 5.02 Å². The smallest absolute Gasteiger partial charge is 0.240 e. The van der Waals surface area contributed by atoms with Gasteiger partial charge in [0.05, 0.1) is 11.0 Å². The number of rotatable bonds is 4. The van der Waals surface area contributed by atoms with Gasteiger partial charge in [0.1, 0.15) is 6.42 Å². The fraction of sp³-hybridized carbons (Fsp3) is 0.429. The number of amides is 1. The van der Waals surface area contributed by atoms with Crippen molar-refractivity contribution in [2.75, 3.05) is 13.1 Å². The zero-order valence-corrected chi connectivity index (χ0v) is 13.4. The zero-order valence-electron chi connectivity index (χ0n) is 11.8. The lowest BCUT2D eigenvalue weighted by molar-refractivity contribution is -0.131. The van der Waals surface area contributed by atoms with Gasteiger partial charge in [0, 0.05) is 24.2 Å². The number of nitrogens with one attached hydrogen (secondary N) is 1. The second-order valence-corrected chi connectivity index (χ2v) is 7.22. The molecule has 0 aromatic heterocycles. The van der Waals surface area contributed by atoms with Crippen LogP contribution in [0.15, 0.2) is 29.2 Å². The monoisotopic (exact) mass is 341 g/mol. The average molecular weight is 342 g/mol. The second kappa shape index (κ2) is 7.09. The number of carbonyl (C=O) groups is 1. The molecule has 8 heteroatoms. The maximum atomic E-state index is 12.3. The molecular weight excluding hydrogens is 326 g/mol. The lowest BCUT2D eigenvalue weighted by Gasteiger charge is -2.31. The summed E-state index contributed by atoms with van der Waals surface area (Å²) in [6.45, 7) is 0.905. The molecule has 1 amide bonds. The van der Waals surface area contributed by atoms with Crippen LogP contribution in [0.4, 0.5) is 0 Å². The van der Waals surface area contributed by atoms with Crippen LogP contribution in [0.3, 0.4) is 0 Å². The molecule has 0 spiro atoms. The Morgan fingerprint density at radius 2 is 1.91 bits per heavy atom. The first-order chi connectivity index (χ1) is 10.4. The Labute approximate surface area is 134 Å². The summed E-state index contributed by atoms with van der Waals surface area (Å²) < 4.78 is 27.2. The minimum Gasteiger partial charge on any atom is -0.342 e. The third-order valence-corrected chi connectivity index (χ3v) is 5.31. The summed E-state index contributed by atoms with van der Waals surface area (Å²) in [5.41, 5.74) is 0. The molecule has 118 valence electrons. The number of carbonyl (C=O) groups excluding carboxylic acids is 1. The molecule has 0 saturated carbocycles. The van der Waals surface area contributed by atoms with Crippen LogP contribution in [0.1, 0.15) is 19.3 Å². The van der Waals surface area contributed by atoms with E-state index in [2.05, 4.69) is 4.72 Å². The van der Waals surface area contributed by atoms with Crippen LogP contribution < -0.4 is 4.72 Å².